The van der Waals surface area contributed by atoms with Gasteiger partial charge in [-0.1, -0.05) is 36.4 Å². The van der Waals surface area contributed by atoms with Crippen LogP contribution < -0.4 is 4.74 Å². The summed E-state index contributed by atoms with van der Waals surface area (Å²) in [4.78, 5) is 0. The highest BCUT2D eigenvalue weighted by Crippen LogP contribution is 2.26. The molecule has 2 aromatic carbocycles. The van der Waals surface area contributed by atoms with Gasteiger partial charge in [-0.25, -0.2) is 0 Å². The number of hydrogen-bond acceptors (Lipinski definition) is 1. The first-order valence-electron chi connectivity index (χ1n) is 4.86. The van der Waals surface area contributed by atoms with E-state index in [0.29, 0.717) is 0 Å². The van der Waals surface area contributed by atoms with Gasteiger partial charge in [-0.2, -0.15) is 0 Å². The van der Waals surface area contributed by atoms with Gasteiger partial charge in [0.15, 0.2) is 0 Å². The van der Waals surface area contributed by atoms with Crippen molar-refractivity contribution in [1.82, 2.24) is 0 Å². The molecule has 0 fully saturated rings. The van der Waals surface area contributed by atoms with Crippen LogP contribution in [-0.2, 0) is 0 Å². The van der Waals surface area contributed by atoms with Gasteiger partial charge in [0.25, 0.3) is 0 Å². The maximum atomic E-state index is 5.20. The van der Waals surface area contributed by atoms with E-state index in [1.165, 1.54) is 0 Å². The second-order valence-corrected chi connectivity index (χ2v) is 3.39. The monoisotopic (exact) mass is 197 g/mol. The Morgan fingerprint density at radius 1 is 1.00 bits per heavy atom. The molecule has 0 amide bonds. The summed E-state index contributed by atoms with van der Waals surface area (Å²) in [6.07, 6.45) is 0. The lowest BCUT2D eigenvalue weighted by atomic mass is 10.0. The van der Waals surface area contributed by atoms with Gasteiger partial charge in [0.2, 0.25) is 0 Å². The molecule has 0 aliphatic heterocycles. The van der Waals surface area contributed by atoms with Gasteiger partial charge in [-0.3, -0.25) is 0 Å². The third-order valence-corrected chi connectivity index (χ3v) is 2.40. The molecule has 1 radical (unpaired) electrons. The van der Waals surface area contributed by atoms with Crippen LogP contribution in [-0.4, -0.2) is 7.11 Å². The number of methoxy groups -OCH3 is 1. The lowest BCUT2D eigenvalue weighted by Crippen LogP contribution is -1.85. The molecule has 0 bridgehead atoms. The Bertz CT molecular complexity index is 460. The maximum Gasteiger partial charge on any atom is 0.119 e. The third-order valence-electron chi connectivity index (χ3n) is 2.40. The zero-order chi connectivity index (χ0) is 10.7. The molecule has 0 atom stereocenters. The number of ether oxygens (including phenoxy) is 1. The molecular formula is C14H13O. The Balaban J connectivity index is 2.49. The molecule has 15 heavy (non-hydrogen) atoms. The molecule has 75 valence electrons. The average molecular weight is 197 g/mol. The van der Waals surface area contributed by atoms with Crippen LogP contribution in [0.2, 0.25) is 0 Å². The highest BCUT2D eigenvalue weighted by atomic mass is 16.5. The summed E-state index contributed by atoms with van der Waals surface area (Å²) in [7, 11) is 1.68. The number of rotatable bonds is 2. The quantitative estimate of drug-likeness (QED) is 0.715. The van der Waals surface area contributed by atoms with Crippen molar-refractivity contribution in [2.24, 2.45) is 0 Å². The Morgan fingerprint density at radius 3 is 2.53 bits per heavy atom. The molecule has 2 rings (SSSR count). The van der Waals surface area contributed by atoms with Crippen LogP contribution in [0.4, 0.5) is 0 Å². The minimum absolute atomic E-state index is 0.871. The van der Waals surface area contributed by atoms with Crippen molar-refractivity contribution in [2.75, 3.05) is 7.11 Å². The van der Waals surface area contributed by atoms with Crippen molar-refractivity contribution in [2.45, 2.75) is 0 Å². The van der Waals surface area contributed by atoms with E-state index in [4.69, 9.17) is 4.74 Å². The summed E-state index contributed by atoms with van der Waals surface area (Å²) < 4.78 is 5.20. The first kappa shape index (κ1) is 9.78. The van der Waals surface area contributed by atoms with Gasteiger partial charge in [-0.15, -0.1) is 0 Å². The number of hydrogen-bond donors (Lipinski definition) is 0. The molecule has 2 aromatic rings. The average Bonchev–Trinajstić information content (AvgIpc) is 2.30. The van der Waals surface area contributed by atoms with Gasteiger partial charge in [0.05, 0.1) is 7.11 Å². The van der Waals surface area contributed by atoms with Crippen molar-refractivity contribution >= 4 is 0 Å². The van der Waals surface area contributed by atoms with E-state index >= 15 is 0 Å². The maximum absolute atomic E-state index is 5.20. The van der Waals surface area contributed by atoms with Crippen molar-refractivity contribution in [3.8, 4) is 16.9 Å². The zero-order valence-electron chi connectivity index (χ0n) is 8.73. The van der Waals surface area contributed by atoms with E-state index < -0.39 is 0 Å². The van der Waals surface area contributed by atoms with Crippen LogP contribution in [0.1, 0.15) is 5.56 Å². The molecule has 0 saturated heterocycles. The fourth-order valence-corrected chi connectivity index (χ4v) is 1.59. The topological polar surface area (TPSA) is 9.23 Å². The van der Waals surface area contributed by atoms with E-state index in [-0.39, 0.29) is 0 Å². The summed E-state index contributed by atoms with van der Waals surface area (Å²) >= 11 is 0. The van der Waals surface area contributed by atoms with Crippen molar-refractivity contribution in [1.29, 1.82) is 0 Å². The molecule has 1 heteroatoms. The summed E-state index contributed by atoms with van der Waals surface area (Å²) in [5.41, 5.74) is 3.32. The molecule has 0 heterocycles. The zero-order valence-corrected chi connectivity index (χ0v) is 8.73. The summed E-state index contributed by atoms with van der Waals surface area (Å²) in [5, 5.41) is 0. The van der Waals surface area contributed by atoms with Crippen molar-refractivity contribution in [3.63, 3.8) is 0 Å². The first-order valence-corrected chi connectivity index (χ1v) is 4.86. The fourth-order valence-electron chi connectivity index (χ4n) is 1.59. The van der Waals surface area contributed by atoms with Crippen LogP contribution in [0.5, 0.6) is 5.75 Å². The highest BCUT2D eigenvalue weighted by Gasteiger charge is 2.01. The molecule has 0 unspecified atom stereocenters. The molecule has 0 aliphatic rings. The Hall–Kier alpha value is -1.76. The van der Waals surface area contributed by atoms with Crippen LogP contribution in [0.3, 0.4) is 0 Å². The lowest BCUT2D eigenvalue weighted by Gasteiger charge is -2.07. The minimum atomic E-state index is 0.871. The van der Waals surface area contributed by atoms with E-state index in [1.54, 1.807) is 7.11 Å². The van der Waals surface area contributed by atoms with Gasteiger partial charge in [0.1, 0.15) is 5.75 Å². The van der Waals surface area contributed by atoms with Gasteiger partial charge in [0, 0.05) is 0 Å². The molecule has 1 nitrogen and oxygen atoms in total. The molecular weight excluding hydrogens is 184 g/mol. The third kappa shape index (κ3) is 2.01. The largest absolute Gasteiger partial charge is 0.497 e. The standard InChI is InChI=1S/C14H13O/c1-11-6-3-4-9-14(11)12-7-5-8-13(10-12)15-2/h3-10H,1H2,2H3. The SMILES string of the molecule is [CH2]c1ccccc1-c1cccc(OC)c1. The van der Waals surface area contributed by atoms with E-state index in [9.17, 15) is 0 Å². The minimum Gasteiger partial charge on any atom is -0.497 e. The van der Waals surface area contributed by atoms with Crippen LogP contribution >= 0.6 is 0 Å². The van der Waals surface area contributed by atoms with Gasteiger partial charge >= 0.3 is 0 Å². The molecule has 0 N–H and O–H groups in total. The van der Waals surface area contributed by atoms with E-state index in [0.717, 1.165) is 22.4 Å². The second-order valence-electron chi connectivity index (χ2n) is 3.39. The highest BCUT2D eigenvalue weighted by molar-refractivity contribution is 5.69. The normalized spacial score (nSPS) is 10.0. The van der Waals surface area contributed by atoms with Gasteiger partial charge < -0.3 is 4.74 Å². The lowest BCUT2D eigenvalue weighted by molar-refractivity contribution is 0.415. The fraction of sp³-hybridized carbons (Fsp3) is 0.0714. The van der Waals surface area contributed by atoms with E-state index in [1.807, 2.05) is 36.4 Å². The van der Waals surface area contributed by atoms with Crippen LogP contribution in [0.25, 0.3) is 11.1 Å². The Labute approximate surface area is 90.3 Å². The van der Waals surface area contributed by atoms with E-state index in [2.05, 4.69) is 19.1 Å². The first-order chi connectivity index (χ1) is 7.31. The van der Waals surface area contributed by atoms with Crippen molar-refractivity contribution < 1.29 is 4.74 Å². The predicted molar refractivity (Wildman–Crippen MR) is 62.9 cm³/mol. The Kier molecular flexibility index (Phi) is 2.72. The smallest absolute Gasteiger partial charge is 0.119 e. The van der Waals surface area contributed by atoms with Crippen molar-refractivity contribution in [3.05, 3.63) is 61.0 Å². The predicted octanol–water partition coefficient (Wildman–Crippen LogP) is 3.54. The van der Waals surface area contributed by atoms with Crippen LogP contribution in [0, 0.1) is 6.92 Å². The molecule has 0 saturated carbocycles. The molecule has 0 aromatic heterocycles. The van der Waals surface area contributed by atoms with Crippen LogP contribution in [0.15, 0.2) is 48.5 Å². The van der Waals surface area contributed by atoms with Gasteiger partial charge in [-0.05, 0) is 35.7 Å². The summed E-state index contributed by atoms with van der Waals surface area (Å²) in [6.45, 7) is 4.01. The summed E-state index contributed by atoms with van der Waals surface area (Å²) in [6, 6.07) is 16.1. The Morgan fingerprint density at radius 2 is 1.80 bits per heavy atom. The summed E-state index contributed by atoms with van der Waals surface area (Å²) in [5.74, 6) is 0.871. The second kappa shape index (κ2) is 4.18. The number of benzene rings is 2. The molecule has 0 spiro atoms. The molecule has 0 aliphatic carbocycles.